The van der Waals surface area contributed by atoms with E-state index in [4.69, 9.17) is 9.47 Å². The Morgan fingerprint density at radius 2 is 2.09 bits per heavy atom. The predicted octanol–water partition coefficient (Wildman–Crippen LogP) is 1.87. The molecule has 126 valence electrons. The Morgan fingerprint density at radius 3 is 2.74 bits per heavy atom. The van der Waals surface area contributed by atoms with Crippen LogP contribution in [0.1, 0.15) is 37.7 Å². The number of nitrogens with zero attached hydrogens (tertiary/aromatic N) is 1. The second kappa shape index (κ2) is 8.50. The van der Waals surface area contributed by atoms with Crippen molar-refractivity contribution < 1.29 is 19.1 Å². The molecule has 1 N–H and O–H groups in total. The van der Waals surface area contributed by atoms with E-state index in [-0.39, 0.29) is 5.91 Å². The summed E-state index contributed by atoms with van der Waals surface area (Å²) < 4.78 is 10.0. The normalized spacial score (nSPS) is 15.9. The lowest BCUT2D eigenvalue weighted by molar-refractivity contribution is -0.145. The van der Waals surface area contributed by atoms with Gasteiger partial charge in [-0.25, -0.2) is 9.78 Å². The Morgan fingerprint density at radius 1 is 1.35 bits per heavy atom. The highest BCUT2D eigenvalue weighted by atomic mass is 16.5. The fourth-order valence-corrected chi connectivity index (χ4v) is 3.05. The van der Waals surface area contributed by atoms with Gasteiger partial charge in [0.2, 0.25) is 11.8 Å². The first-order valence-corrected chi connectivity index (χ1v) is 7.99. The molecule has 1 amide bonds. The third-order valence-corrected chi connectivity index (χ3v) is 4.24. The van der Waals surface area contributed by atoms with E-state index in [1.165, 1.54) is 27.1 Å². The zero-order valence-corrected chi connectivity index (χ0v) is 13.7. The monoisotopic (exact) mass is 320 g/mol. The number of aromatic nitrogens is 1. The maximum atomic E-state index is 12.2. The first kappa shape index (κ1) is 17.2. The highest BCUT2D eigenvalue weighted by Crippen LogP contribution is 2.27. The number of pyridine rings is 1. The van der Waals surface area contributed by atoms with Gasteiger partial charge in [-0.2, -0.15) is 0 Å². The minimum Gasteiger partial charge on any atom is -0.481 e. The minimum absolute atomic E-state index is 0.102. The van der Waals surface area contributed by atoms with E-state index in [0.717, 1.165) is 18.4 Å². The van der Waals surface area contributed by atoms with Crippen LogP contribution >= 0.6 is 0 Å². The number of carbonyl (C=O) groups is 2. The molecule has 6 heteroatoms. The van der Waals surface area contributed by atoms with E-state index in [1.54, 1.807) is 12.3 Å². The average Bonchev–Trinajstić information content (AvgIpc) is 3.06. The number of hydrogen-bond donors (Lipinski definition) is 1. The highest BCUT2D eigenvalue weighted by Gasteiger charge is 2.25. The van der Waals surface area contributed by atoms with Gasteiger partial charge in [-0.05, 0) is 24.8 Å². The van der Waals surface area contributed by atoms with Gasteiger partial charge in [0.15, 0.2) is 0 Å². The molecule has 0 saturated heterocycles. The molecule has 1 saturated carbocycles. The summed E-state index contributed by atoms with van der Waals surface area (Å²) in [7, 11) is 2.84. The first-order chi connectivity index (χ1) is 11.1. The van der Waals surface area contributed by atoms with Crippen molar-refractivity contribution in [2.75, 3.05) is 14.2 Å². The van der Waals surface area contributed by atoms with Crippen LogP contribution in [-0.4, -0.2) is 37.1 Å². The van der Waals surface area contributed by atoms with Gasteiger partial charge in [0.25, 0.3) is 0 Å². The molecular weight excluding hydrogens is 296 g/mol. The Balaban J connectivity index is 2.01. The van der Waals surface area contributed by atoms with Crippen molar-refractivity contribution in [3.8, 4) is 5.88 Å². The van der Waals surface area contributed by atoms with Crippen LogP contribution in [0.2, 0.25) is 0 Å². The van der Waals surface area contributed by atoms with Crippen molar-refractivity contribution in [3.05, 3.63) is 23.9 Å². The van der Waals surface area contributed by atoms with Crippen LogP contribution < -0.4 is 10.1 Å². The lowest BCUT2D eigenvalue weighted by Crippen LogP contribution is -2.43. The molecule has 0 bridgehead atoms. The number of methoxy groups -OCH3 is 2. The van der Waals surface area contributed by atoms with E-state index < -0.39 is 12.0 Å². The van der Waals surface area contributed by atoms with E-state index >= 15 is 0 Å². The van der Waals surface area contributed by atoms with Crippen molar-refractivity contribution in [3.63, 3.8) is 0 Å². The zero-order valence-electron chi connectivity index (χ0n) is 13.7. The van der Waals surface area contributed by atoms with Crippen LogP contribution in [0.5, 0.6) is 5.88 Å². The Bertz CT molecular complexity index is 541. The van der Waals surface area contributed by atoms with E-state index in [1.807, 2.05) is 6.07 Å². The Hall–Kier alpha value is -2.11. The number of rotatable bonds is 7. The summed E-state index contributed by atoms with van der Waals surface area (Å²) in [6, 6.07) is 2.87. The molecule has 0 aliphatic heterocycles. The largest absolute Gasteiger partial charge is 0.481 e. The summed E-state index contributed by atoms with van der Waals surface area (Å²) in [5.41, 5.74) is 0.756. The maximum Gasteiger partial charge on any atom is 0.328 e. The smallest absolute Gasteiger partial charge is 0.328 e. The number of nitrogens with one attached hydrogen (secondary N) is 1. The van der Waals surface area contributed by atoms with Crippen LogP contribution in [0.15, 0.2) is 18.3 Å². The number of amides is 1. The van der Waals surface area contributed by atoms with Crippen molar-refractivity contribution >= 4 is 11.9 Å². The van der Waals surface area contributed by atoms with Crippen molar-refractivity contribution in [2.24, 2.45) is 5.92 Å². The van der Waals surface area contributed by atoms with Gasteiger partial charge < -0.3 is 14.8 Å². The third-order valence-electron chi connectivity index (χ3n) is 4.24. The molecule has 0 spiro atoms. The summed E-state index contributed by atoms with van der Waals surface area (Å²) in [5, 5.41) is 2.80. The third kappa shape index (κ3) is 4.94. The second-order valence-corrected chi connectivity index (χ2v) is 5.87. The molecule has 0 unspecified atom stereocenters. The van der Waals surface area contributed by atoms with Crippen LogP contribution in [0.3, 0.4) is 0 Å². The lowest BCUT2D eigenvalue weighted by Gasteiger charge is -2.18. The van der Waals surface area contributed by atoms with Gasteiger partial charge in [-0.3, -0.25) is 4.79 Å². The van der Waals surface area contributed by atoms with Crippen LogP contribution in [0, 0.1) is 5.92 Å². The topological polar surface area (TPSA) is 77.5 Å². The van der Waals surface area contributed by atoms with Gasteiger partial charge >= 0.3 is 5.97 Å². The summed E-state index contributed by atoms with van der Waals surface area (Å²) >= 11 is 0. The van der Waals surface area contributed by atoms with Crippen molar-refractivity contribution in [2.45, 2.75) is 44.6 Å². The highest BCUT2D eigenvalue weighted by molar-refractivity contribution is 5.84. The number of esters is 1. The second-order valence-electron chi connectivity index (χ2n) is 5.87. The molecular formula is C17H24N2O4. The lowest BCUT2D eigenvalue weighted by atomic mass is 10.0. The number of ether oxygens (including phenoxy) is 2. The summed E-state index contributed by atoms with van der Waals surface area (Å²) in [6.07, 6.45) is 6.93. The number of hydrogen-bond acceptors (Lipinski definition) is 5. The van der Waals surface area contributed by atoms with E-state index in [0.29, 0.717) is 24.6 Å². The molecule has 1 aliphatic carbocycles. The average molecular weight is 320 g/mol. The molecule has 2 rings (SSSR count). The molecule has 1 fully saturated rings. The van der Waals surface area contributed by atoms with Crippen LogP contribution in [-0.2, 0) is 20.7 Å². The standard InChI is InChI=1S/C17H24N2O4/c1-22-16-13(8-5-9-18-16)11-14(17(21)23-2)19-15(20)10-12-6-3-4-7-12/h5,8-9,12,14H,3-4,6-7,10-11H2,1-2H3,(H,19,20)/t14-/m0/s1. The summed E-state index contributed by atoms with van der Waals surface area (Å²) in [6.45, 7) is 0. The molecule has 0 radical (unpaired) electrons. The first-order valence-electron chi connectivity index (χ1n) is 7.99. The molecule has 1 atom stereocenters. The summed E-state index contributed by atoms with van der Waals surface area (Å²) in [5.74, 6) is 0.318. The predicted molar refractivity (Wildman–Crippen MR) is 85.0 cm³/mol. The molecule has 0 aromatic carbocycles. The van der Waals surface area contributed by atoms with Crippen molar-refractivity contribution in [1.29, 1.82) is 0 Å². The van der Waals surface area contributed by atoms with Gasteiger partial charge in [-0.15, -0.1) is 0 Å². The van der Waals surface area contributed by atoms with Crippen LogP contribution in [0.25, 0.3) is 0 Å². The zero-order chi connectivity index (χ0) is 16.7. The molecule has 1 heterocycles. The maximum absolute atomic E-state index is 12.2. The molecule has 1 aliphatic rings. The molecule has 23 heavy (non-hydrogen) atoms. The summed E-state index contributed by atoms with van der Waals surface area (Å²) in [4.78, 5) is 28.3. The quantitative estimate of drug-likeness (QED) is 0.776. The van der Waals surface area contributed by atoms with Gasteiger partial charge in [0.05, 0.1) is 14.2 Å². The van der Waals surface area contributed by atoms with Crippen molar-refractivity contribution in [1.82, 2.24) is 10.3 Å². The Kier molecular flexibility index (Phi) is 6.38. The van der Waals surface area contributed by atoms with Gasteiger partial charge in [0, 0.05) is 24.6 Å². The number of carbonyl (C=O) groups excluding carboxylic acids is 2. The van der Waals surface area contributed by atoms with Gasteiger partial charge in [0.1, 0.15) is 6.04 Å². The molecule has 1 aromatic rings. The Labute approximate surface area is 136 Å². The fraction of sp³-hybridized carbons (Fsp3) is 0.588. The van der Waals surface area contributed by atoms with Gasteiger partial charge in [-0.1, -0.05) is 18.9 Å². The van der Waals surface area contributed by atoms with Crippen LogP contribution in [0.4, 0.5) is 0 Å². The van der Waals surface area contributed by atoms with E-state index in [2.05, 4.69) is 10.3 Å². The SMILES string of the molecule is COC(=O)[C@H](Cc1cccnc1OC)NC(=O)CC1CCCC1. The fourth-order valence-electron chi connectivity index (χ4n) is 3.05. The van der Waals surface area contributed by atoms with E-state index in [9.17, 15) is 9.59 Å². The molecule has 6 nitrogen and oxygen atoms in total. The molecule has 1 aromatic heterocycles. The minimum atomic E-state index is -0.730.